The van der Waals surface area contributed by atoms with Gasteiger partial charge in [0.2, 0.25) is 0 Å². The smallest absolute Gasteiger partial charge is 0.166 e. The van der Waals surface area contributed by atoms with E-state index < -0.39 is 0 Å². The topological polar surface area (TPSA) is 39.8 Å². The van der Waals surface area contributed by atoms with Crippen LogP contribution in [0.15, 0.2) is 24.5 Å². The van der Waals surface area contributed by atoms with Crippen molar-refractivity contribution in [3.05, 3.63) is 41.5 Å². The maximum Gasteiger partial charge on any atom is 0.166 e. The lowest BCUT2D eigenvalue weighted by Crippen LogP contribution is -2.07. The molecule has 0 aliphatic heterocycles. The van der Waals surface area contributed by atoms with Crippen molar-refractivity contribution in [2.75, 3.05) is 0 Å². The second kappa shape index (κ2) is 5.43. The maximum atomic E-state index is 11.9. The second-order valence-corrected chi connectivity index (χ2v) is 5.20. The molecule has 0 atom stereocenters. The van der Waals surface area contributed by atoms with Crippen molar-refractivity contribution in [2.45, 2.75) is 33.7 Å². The lowest BCUT2D eigenvalue weighted by Gasteiger charge is -2.03. The summed E-state index contributed by atoms with van der Waals surface area (Å²) in [6.45, 7) is 6.69. The van der Waals surface area contributed by atoms with Gasteiger partial charge >= 0.3 is 0 Å². The highest BCUT2D eigenvalue weighted by Gasteiger charge is 2.12. The number of carbonyl (C=O) groups is 1. The van der Waals surface area contributed by atoms with Gasteiger partial charge in [-0.05, 0) is 18.6 Å². The van der Waals surface area contributed by atoms with Crippen molar-refractivity contribution in [1.82, 2.24) is 14.3 Å². The first-order valence-electron chi connectivity index (χ1n) is 6.73. The summed E-state index contributed by atoms with van der Waals surface area (Å²) in [5.41, 5.74) is 3.03. The molecular formula is C15H21N3O. The molecule has 0 N–H and O–H groups in total. The SMILES string of the molecule is CCc1cc(Cn2ccc(C(=O)C(C)C)c2)n(C)n1. The van der Waals surface area contributed by atoms with E-state index in [2.05, 4.69) is 18.1 Å². The quantitative estimate of drug-likeness (QED) is 0.774. The Morgan fingerprint density at radius 1 is 1.42 bits per heavy atom. The predicted octanol–water partition coefficient (Wildman–Crippen LogP) is 2.67. The van der Waals surface area contributed by atoms with Crippen LogP contribution < -0.4 is 0 Å². The summed E-state index contributed by atoms with van der Waals surface area (Å²) in [6, 6.07) is 4.00. The highest BCUT2D eigenvalue weighted by atomic mass is 16.1. The van der Waals surface area contributed by atoms with Gasteiger partial charge in [-0.2, -0.15) is 5.10 Å². The van der Waals surface area contributed by atoms with E-state index >= 15 is 0 Å². The van der Waals surface area contributed by atoms with Gasteiger partial charge in [-0.3, -0.25) is 9.48 Å². The number of hydrogen-bond donors (Lipinski definition) is 0. The molecule has 2 aromatic heterocycles. The molecule has 0 spiro atoms. The molecule has 2 heterocycles. The minimum Gasteiger partial charge on any atom is -0.348 e. The van der Waals surface area contributed by atoms with Gasteiger partial charge in [0.05, 0.1) is 17.9 Å². The van der Waals surface area contributed by atoms with Crippen molar-refractivity contribution in [3.63, 3.8) is 0 Å². The third-order valence-corrected chi connectivity index (χ3v) is 3.29. The minimum atomic E-state index is 0.0410. The minimum absolute atomic E-state index is 0.0410. The molecule has 0 radical (unpaired) electrons. The Hall–Kier alpha value is -1.84. The van der Waals surface area contributed by atoms with Gasteiger partial charge in [-0.1, -0.05) is 20.8 Å². The monoisotopic (exact) mass is 259 g/mol. The van der Waals surface area contributed by atoms with Gasteiger partial charge in [-0.25, -0.2) is 0 Å². The van der Waals surface area contributed by atoms with E-state index in [-0.39, 0.29) is 11.7 Å². The van der Waals surface area contributed by atoms with Crippen molar-refractivity contribution in [2.24, 2.45) is 13.0 Å². The van der Waals surface area contributed by atoms with Gasteiger partial charge in [0.25, 0.3) is 0 Å². The number of aryl methyl sites for hydroxylation is 2. The summed E-state index contributed by atoms with van der Waals surface area (Å²) in [5.74, 6) is 0.234. The first-order chi connectivity index (χ1) is 9.01. The molecule has 0 amide bonds. The molecule has 0 aliphatic rings. The lowest BCUT2D eigenvalue weighted by molar-refractivity contribution is 0.0939. The molecule has 102 valence electrons. The van der Waals surface area contributed by atoms with Crippen LogP contribution in [0.3, 0.4) is 0 Å². The van der Waals surface area contributed by atoms with Crippen LogP contribution in [0.4, 0.5) is 0 Å². The molecule has 0 fully saturated rings. The van der Waals surface area contributed by atoms with Crippen LogP contribution in [-0.4, -0.2) is 20.1 Å². The fraction of sp³-hybridized carbons (Fsp3) is 0.467. The average molecular weight is 259 g/mol. The van der Waals surface area contributed by atoms with Crippen molar-refractivity contribution < 1.29 is 4.79 Å². The molecule has 19 heavy (non-hydrogen) atoms. The molecule has 4 nitrogen and oxygen atoms in total. The van der Waals surface area contributed by atoms with E-state index in [0.29, 0.717) is 0 Å². The zero-order valence-corrected chi connectivity index (χ0v) is 12.1. The standard InChI is InChI=1S/C15H21N3O/c1-5-13-8-14(17(4)16-13)10-18-7-6-12(9-18)15(19)11(2)3/h6-9,11H,5,10H2,1-4H3. The van der Waals surface area contributed by atoms with Crippen LogP contribution in [0.25, 0.3) is 0 Å². The number of carbonyl (C=O) groups excluding carboxylic acids is 1. The summed E-state index contributed by atoms with van der Waals surface area (Å²) in [6.07, 6.45) is 4.81. The van der Waals surface area contributed by atoms with E-state index in [4.69, 9.17) is 0 Å². The normalized spacial score (nSPS) is 11.2. The van der Waals surface area contributed by atoms with Crippen LogP contribution in [-0.2, 0) is 20.0 Å². The third kappa shape index (κ3) is 2.95. The Balaban J connectivity index is 2.15. The predicted molar refractivity (Wildman–Crippen MR) is 75.3 cm³/mol. The number of hydrogen-bond acceptors (Lipinski definition) is 2. The third-order valence-electron chi connectivity index (χ3n) is 3.29. The van der Waals surface area contributed by atoms with E-state index in [0.717, 1.165) is 29.9 Å². The summed E-state index contributed by atoms with van der Waals surface area (Å²) in [4.78, 5) is 11.9. The number of nitrogens with zero attached hydrogens (tertiary/aromatic N) is 3. The van der Waals surface area contributed by atoms with E-state index in [1.807, 2.05) is 48.6 Å². The molecule has 2 rings (SSSR count). The van der Waals surface area contributed by atoms with Gasteiger partial charge in [0.15, 0.2) is 5.78 Å². The fourth-order valence-electron chi connectivity index (χ4n) is 2.10. The van der Waals surface area contributed by atoms with Crippen LogP contribution >= 0.6 is 0 Å². The Morgan fingerprint density at radius 3 is 2.74 bits per heavy atom. The molecule has 0 aliphatic carbocycles. The van der Waals surface area contributed by atoms with Gasteiger partial charge < -0.3 is 4.57 Å². The Labute approximate surface area is 114 Å². The van der Waals surface area contributed by atoms with E-state index in [1.54, 1.807) is 0 Å². The summed E-state index contributed by atoms with van der Waals surface area (Å²) >= 11 is 0. The van der Waals surface area contributed by atoms with E-state index in [1.165, 1.54) is 0 Å². The highest BCUT2D eigenvalue weighted by molar-refractivity contribution is 5.97. The summed E-state index contributed by atoms with van der Waals surface area (Å²) < 4.78 is 3.94. The molecule has 0 saturated heterocycles. The lowest BCUT2D eigenvalue weighted by atomic mass is 10.0. The number of ketones is 1. The van der Waals surface area contributed by atoms with E-state index in [9.17, 15) is 4.79 Å². The molecule has 2 aromatic rings. The largest absolute Gasteiger partial charge is 0.348 e. The molecule has 4 heteroatoms. The number of rotatable bonds is 5. The number of Topliss-reactive ketones (excluding diaryl/α,β-unsaturated/α-hetero) is 1. The Bertz CT molecular complexity index is 578. The van der Waals surface area contributed by atoms with Gasteiger partial charge in [0, 0.05) is 30.9 Å². The first kappa shape index (κ1) is 13.6. The highest BCUT2D eigenvalue weighted by Crippen LogP contribution is 2.11. The summed E-state index contributed by atoms with van der Waals surface area (Å²) in [7, 11) is 1.96. The van der Waals surface area contributed by atoms with Crippen LogP contribution in [0.1, 0.15) is 42.5 Å². The summed E-state index contributed by atoms with van der Waals surface area (Å²) in [5, 5.41) is 4.43. The number of aromatic nitrogens is 3. The molecule has 0 unspecified atom stereocenters. The van der Waals surface area contributed by atoms with Crippen molar-refractivity contribution in [1.29, 1.82) is 0 Å². The fourth-order valence-corrected chi connectivity index (χ4v) is 2.10. The van der Waals surface area contributed by atoms with Gasteiger partial charge in [0.1, 0.15) is 0 Å². The second-order valence-electron chi connectivity index (χ2n) is 5.20. The average Bonchev–Trinajstić information content (AvgIpc) is 2.96. The van der Waals surface area contributed by atoms with Crippen LogP contribution in [0.2, 0.25) is 0 Å². The zero-order chi connectivity index (χ0) is 14.0. The Kier molecular flexibility index (Phi) is 3.88. The zero-order valence-electron chi connectivity index (χ0n) is 12.1. The van der Waals surface area contributed by atoms with Gasteiger partial charge in [-0.15, -0.1) is 0 Å². The molecule has 0 aromatic carbocycles. The van der Waals surface area contributed by atoms with Crippen molar-refractivity contribution in [3.8, 4) is 0 Å². The molecule has 0 bridgehead atoms. The van der Waals surface area contributed by atoms with Crippen molar-refractivity contribution >= 4 is 5.78 Å². The van der Waals surface area contributed by atoms with Crippen LogP contribution in [0, 0.1) is 5.92 Å². The maximum absolute atomic E-state index is 11.9. The molecular weight excluding hydrogens is 238 g/mol. The Morgan fingerprint density at radius 2 is 2.16 bits per heavy atom. The molecule has 0 saturated carbocycles. The first-order valence-corrected chi connectivity index (χ1v) is 6.73. The van der Waals surface area contributed by atoms with Crippen LogP contribution in [0.5, 0.6) is 0 Å².